The van der Waals surface area contributed by atoms with Crippen LogP contribution in [0.25, 0.3) is 0 Å². The molecule has 0 aliphatic heterocycles. The maximum absolute atomic E-state index is 12.0. The third-order valence-corrected chi connectivity index (χ3v) is 3.58. The molecule has 0 aromatic carbocycles. The monoisotopic (exact) mass is 288 g/mol. The van der Waals surface area contributed by atoms with Crippen LogP contribution in [-0.2, 0) is 10.6 Å². The molecular formula is C12H17ClN2O2S. The lowest BCUT2D eigenvalue weighted by Crippen LogP contribution is -2.23. The number of thiazole rings is 1. The number of hydrogen-bond acceptors (Lipinski definition) is 5. The number of anilines is 1. The van der Waals surface area contributed by atoms with E-state index in [9.17, 15) is 4.79 Å². The minimum absolute atomic E-state index is 0.220. The van der Waals surface area contributed by atoms with Gasteiger partial charge in [0.2, 0.25) is 0 Å². The Morgan fingerprint density at radius 2 is 2.22 bits per heavy atom. The Hall–Kier alpha value is -0.810. The lowest BCUT2D eigenvalue weighted by atomic mass is 10.2. The molecule has 6 heteroatoms. The van der Waals surface area contributed by atoms with Gasteiger partial charge in [0.25, 0.3) is 0 Å². The molecule has 0 unspecified atom stereocenters. The number of alkyl halides is 1. The average Bonchev–Trinajstić information content (AvgIpc) is 2.93. The van der Waals surface area contributed by atoms with Crippen LogP contribution in [0.4, 0.5) is 5.13 Å². The summed E-state index contributed by atoms with van der Waals surface area (Å²) in [6.45, 7) is 5.53. The molecule has 1 aliphatic rings. The number of hydrogen-bond donors (Lipinski definition) is 1. The first kappa shape index (κ1) is 13.6. The second kappa shape index (κ2) is 5.05. The van der Waals surface area contributed by atoms with Crippen molar-refractivity contribution in [3.8, 4) is 0 Å². The Balaban J connectivity index is 2.14. The molecule has 1 fully saturated rings. The van der Waals surface area contributed by atoms with Crippen LogP contribution >= 0.6 is 22.9 Å². The summed E-state index contributed by atoms with van der Waals surface area (Å²) in [5.41, 5.74) is 0.0911. The Kier molecular flexibility index (Phi) is 3.82. The average molecular weight is 289 g/mol. The van der Waals surface area contributed by atoms with Gasteiger partial charge in [-0.1, -0.05) is 11.3 Å². The van der Waals surface area contributed by atoms with Gasteiger partial charge in [0.05, 0.1) is 11.6 Å². The van der Waals surface area contributed by atoms with Crippen molar-refractivity contribution in [1.29, 1.82) is 0 Å². The molecule has 1 aromatic rings. The van der Waals surface area contributed by atoms with E-state index in [4.69, 9.17) is 16.3 Å². The van der Waals surface area contributed by atoms with E-state index in [-0.39, 0.29) is 11.8 Å². The van der Waals surface area contributed by atoms with Gasteiger partial charge in [-0.2, -0.15) is 0 Å². The molecule has 100 valence electrons. The van der Waals surface area contributed by atoms with E-state index in [1.807, 2.05) is 20.8 Å². The molecule has 0 saturated heterocycles. The SMILES string of the molecule is CC(C)(C)OC(=O)c1sc(NC2CC2)nc1CCl. The summed E-state index contributed by atoms with van der Waals surface area (Å²) in [6, 6.07) is 0.505. The van der Waals surface area contributed by atoms with Crippen molar-refractivity contribution in [2.75, 3.05) is 5.32 Å². The molecule has 0 radical (unpaired) electrons. The van der Waals surface area contributed by atoms with E-state index in [0.717, 1.165) is 18.0 Å². The Morgan fingerprint density at radius 3 is 2.72 bits per heavy atom. The molecule has 1 heterocycles. The zero-order chi connectivity index (χ0) is 13.3. The summed E-state index contributed by atoms with van der Waals surface area (Å²) in [6.07, 6.45) is 2.33. The van der Waals surface area contributed by atoms with E-state index in [1.54, 1.807) is 0 Å². The Labute approximate surface area is 116 Å². The molecular weight excluding hydrogens is 272 g/mol. The van der Waals surface area contributed by atoms with Crippen molar-refractivity contribution in [3.63, 3.8) is 0 Å². The number of esters is 1. The number of nitrogens with one attached hydrogen (secondary N) is 1. The number of ether oxygens (including phenoxy) is 1. The fourth-order valence-electron chi connectivity index (χ4n) is 1.39. The smallest absolute Gasteiger partial charge is 0.350 e. The van der Waals surface area contributed by atoms with Crippen LogP contribution in [0.3, 0.4) is 0 Å². The summed E-state index contributed by atoms with van der Waals surface area (Å²) in [5.74, 6) is -0.128. The highest BCUT2D eigenvalue weighted by Crippen LogP contribution is 2.31. The minimum atomic E-state index is -0.505. The molecule has 2 rings (SSSR count). The molecule has 0 amide bonds. The second-order valence-corrected chi connectivity index (χ2v) is 6.62. The van der Waals surface area contributed by atoms with Crippen LogP contribution in [0.1, 0.15) is 49.0 Å². The van der Waals surface area contributed by atoms with Gasteiger partial charge in [-0.15, -0.1) is 11.6 Å². The standard InChI is InChI=1S/C12H17ClN2O2S/c1-12(2,3)17-10(16)9-8(6-13)15-11(18-9)14-7-4-5-7/h7H,4-6H2,1-3H3,(H,14,15). The lowest BCUT2D eigenvalue weighted by molar-refractivity contribution is 0.00741. The van der Waals surface area contributed by atoms with Gasteiger partial charge >= 0.3 is 5.97 Å². The normalized spacial score (nSPS) is 15.6. The Morgan fingerprint density at radius 1 is 1.56 bits per heavy atom. The molecule has 1 aliphatic carbocycles. The van der Waals surface area contributed by atoms with E-state index < -0.39 is 5.60 Å². The molecule has 1 aromatic heterocycles. The van der Waals surface area contributed by atoms with Crippen molar-refractivity contribution in [3.05, 3.63) is 10.6 Å². The van der Waals surface area contributed by atoms with E-state index in [1.165, 1.54) is 11.3 Å². The minimum Gasteiger partial charge on any atom is -0.456 e. The van der Waals surface area contributed by atoms with Gasteiger partial charge in [-0.25, -0.2) is 9.78 Å². The van der Waals surface area contributed by atoms with Crippen LogP contribution in [-0.4, -0.2) is 22.6 Å². The summed E-state index contributed by atoms with van der Waals surface area (Å²) < 4.78 is 5.35. The molecule has 1 saturated carbocycles. The van der Waals surface area contributed by atoms with Crippen molar-refractivity contribution < 1.29 is 9.53 Å². The van der Waals surface area contributed by atoms with Crippen LogP contribution < -0.4 is 5.32 Å². The zero-order valence-electron chi connectivity index (χ0n) is 10.7. The highest BCUT2D eigenvalue weighted by molar-refractivity contribution is 7.17. The fraction of sp³-hybridized carbons (Fsp3) is 0.667. The number of nitrogens with zero attached hydrogens (tertiary/aromatic N) is 1. The summed E-state index contributed by atoms with van der Waals surface area (Å²) in [5, 5.41) is 4.03. The van der Waals surface area contributed by atoms with Gasteiger partial charge in [-0.05, 0) is 33.6 Å². The third kappa shape index (κ3) is 3.59. The van der Waals surface area contributed by atoms with Gasteiger partial charge in [-0.3, -0.25) is 0 Å². The molecule has 0 bridgehead atoms. The van der Waals surface area contributed by atoms with Crippen LogP contribution in [0.5, 0.6) is 0 Å². The summed E-state index contributed by atoms with van der Waals surface area (Å²) >= 11 is 7.14. The van der Waals surface area contributed by atoms with Crippen molar-refractivity contribution in [1.82, 2.24) is 4.98 Å². The highest BCUT2D eigenvalue weighted by atomic mass is 35.5. The quantitative estimate of drug-likeness (QED) is 0.681. The summed E-state index contributed by atoms with van der Waals surface area (Å²) in [4.78, 5) is 16.9. The molecule has 18 heavy (non-hydrogen) atoms. The van der Waals surface area contributed by atoms with Gasteiger partial charge in [0, 0.05) is 6.04 Å². The van der Waals surface area contributed by atoms with Crippen molar-refractivity contribution in [2.45, 2.75) is 51.1 Å². The van der Waals surface area contributed by atoms with Gasteiger partial charge in [0.1, 0.15) is 10.5 Å². The first-order valence-corrected chi connectivity index (χ1v) is 7.29. The number of carbonyl (C=O) groups is 1. The fourth-order valence-corrected chi connectivity index (χ4v) is 2.60. The zero-order valence-corrected chi connectivity index (χ0v) is 12.3. The van der Waals surface area contributed by atoms with Gasteiger partial charge in [0.15, 0.2) is 5.13 Å². The predicted octanol–water partition coefficient (Wildman–Crippen LogP) is 3.41. The van der Waals surface area contributed by atoms with Gasteiger partial charge < -0.3 is 10.1 Å². The maximum Gasteiger partial charge on any atom is 0.350 e. The second-order valence-electron chi connectivity index (χ2n) is 5.35. The highest BCUT2D eigenvalue weighted by Gasteiger charge is 2.26. The van der Waals surface area contributed by atoms with E-state index in [2.05, 4.69) is 10.3 Å². The maximum atomic E-state index is 12.0. The van der Waals surface area contributed by atoms with Crippen LogP contribution in [0.2, 0.25) is 0 Å². The molecule has 0 atom stereocenters. The predicted molar refractivity (Wildman–Crippen MR) is 73.5 cm³/mol. The van der Waals surface area contributed by atoms with Crippen molar-refractivity contribution in [2.24, 2.45) is 0 Å². The molecule has 4 nitrogen and oxygen atoms in total. The first-order valence-electron chi connectivity index (χ1n) is 5.94. The van der Waals surface area contributed by atoms with Crippen LogP contribution in [0, 0.1) is 0 Å². The van der Waals surface area contributed by atoms with E-state index in [0.29, 0.717) is 16.6 Å². The summed E-state index contributed by atoms with van der Waals surface area (Å²) in [7, 11) is 0. The van der Waals surface area contributed by atoms with Crippen molar-refractivity contribution >= 4 is 34.0 Å². The Bertz CT molecular complexity index is 449. The number of aromatic nitrogens is 1. The largest absolute Gasteiger partial charge is 0.456 e. The lowest BCUT2D eigenvalue weighted by Gasteiger charge is -2.18. The van der Waals surface area contributed by atoms with Crippen LogP contribution in [0.15, 0.2) is 0 Å². The number of rotatable bonds is 4. The molecule has 0 spiro atoms. The third-order valence-electron chi connectivity index (χ3n) is 2.31. The van der Waals surface area contributed by atoms with E-state index >= 15 is 0 Å². The number of carbonyl (C=O) groups excluding carboxylic acids is 1. The topological polar surface area (TPSA) is 51.2 Å². The number of halogens is 1. The first-order chi connectivity index (χ1) is 8.39. The molecule has 1 N–H and O–H groups in total.